The van der Waals surface area contributed by atoms with Crippen molar-refractivity contribution < 1.29 is 79.4 Å². The van der Waals surface area contributed by atoms with Gasteiger partial charge in [-0.05, 0) is 12.8 Å². The Morgan fingerprint density at radius 2 is 0.658 bits per heavy atom. The summed E-state index contributed by atoms with van der Waals surface area (Å²) in [4.78, 5) is 0. The van der Waals surface area contributed by atoms with Gasteiger partial charge in [0, 0.05) is 20.1 Å². The Kier molecular flexibility index (Phi) is 12.1. The Bertz CT molecular complexity index is 715. The number of hydrogen-bond acceptors (Lipinski definition) is 1. The number of halogens is 17. The molecular formula is C20H25F17O. The van der Waals surface area contributed by atoms with Crippen LogP contribution in [-0.4, -0.2) is 61.4 Å². The average molecular weight is 604 g/mol. The van der Waals surface area contributed by atoms with Gasteiger partial charge in [-0.15, -0.1) is 0 Å². The summed E-state index contributed by atoms with van der Waals surface area (Å²) in [6.45, 7) is 0.532. The Morgan fingerprint density at radius 3 is 1.00 bits per heavy atom. The van der Waals surface area contributed by atoms with Gasteiger partial charge in [-0.25, -0.2) is 0 Å². The van der Waals surface area contributed by atoms with Gasteiger partial charge in [0.1, 0.15) is 0 Å². The molecule has 0 unspecified atom stereocenters. The first-order valence-corrected chi connectivity index (χ1v) is 11.0. The molecule has 230 valence electrons. The topological polar surface area (TPSA) is 9.23 Å². The van der Waals surface area contributed by atoms with Gasteiger partial charge in [-0.3, -0.25) is 0 Å². The van der Waals surface area contributed by atoms with E-state index >= 15 is 0 Å². The van der Waals surface area contributed by atoms with Crippen molar-refractivity contribution in [3.63, 3.8) is 0 Å². The molecule has 0 heterocycles. The number of alkyl halides is 17. The minimum Gasteiger partial charge on any atom is -0.385 e. The number of ether oxygens (including phenoxy) is 1. The van der Waals surface area contributed by atoms with Crippen LogP contribution in [0.25, 0.3) is 0 Å². The minimum atomic E-state index is -8.58. The summed E-state index contributed by atoms with van der Waals surface area (Å²) in [6, 6.07) is 0. The van der Waals surface area contributed by atoms with Gasteiger partial charge in [-0.2, -0.15) is 74.6 Å². The Labute approximate surface area is 206 Å². The summed E-state index contributed by atoms with van der Waals surface area (Å²) in [5.74, 6) is -55.7. The maximum absolute atomic E-state index is 13.8. The lowest BCUT2D eigenvalue weighted by molar-refractivity contribution is -0.461. The summed E-state index contributed by atoms with van der Waals surface area (Å²) in [6.07, 6.45) is -7.48. The van der Waals surface area contributed by atoms with Crippen LogP contribution in [0.5, 0.6) is 0 Å². The van der Waals surface area contributed by atoms with Crippen molar-refractivity contribution in [2.75, 3.05) is 13.7 Å². The highest BCUT2D eigenvalue weighted by Gasteiger charge is 2.95. The van der Waals surface area contributed by atoms with Crippen LogP contribution >= 0.6 is 0 Å². The Morgan fingerprint density at radius 1 is 0.368 bits per heavy atom. The number of unbranched alkanes of at least 4 members (excludes halogenated alkanes) is 8. The molecule has 0 N–H and O–H groups in total. The zero-order chi connectivity index (χ0) is 30.5. The lowest BCUT2D eigenvalue weighted by Crippen LogP contribution is -2.74. The van der Waals surface area contributed by atoms with E-state index in [0.717, 1.165) is 19.3 Å². The number of hydrogen-bond donors (Lipinski definition) is 0. The molecule has 0 saturated heterocycles. The highest BCUT2D eigenvalue weighted by Crippen LogP contribution is 2.64. The molecule has 0 aromatic rings. The van der Waals surface area contributed by atoms with Gasteiger partial charge >= 0.3 is 47.6 Å². The summed E-state index contributed by atoms with van der Waals surface area (Å²) in [5.41, 5.74) is 0. The summed E-state index contributed by atoms with van der Waals surface area (Å²) in [7, 11) is 1.50. The second-order valence-electron chi connectivity index (χ2n) is 8.57. The molecule has 0 aliphatic heterocycles. The predicted molar refractivity (Wildman–Crippen MR) is 98.7 cm³/mol. The lowest BCUT2D eigenvalue weighted by atomic mass is 9.87. The van der Waals surface area contributed by atoms with E-state index in [4.69, 9.17) is 4.74 Å². The SMILES string of the molecule is COCCCCCCCCCCCC(F)(F)C(F)(F)C(F)(F)C(F)(F)C(F)(F)C(F)(F)C(F)(F)C(F)(F)F. The van der Waals surface area contributed by atoms with Crippen molar-refractivity contribution in [1.82, 2.24) is 0 Å². The molecule has 0 fully saturated rings. The Balaban J connectivity index is 5.46. The molecule has 0 aliphatic carbocycles. The first-order chi connectivity index (χ1) is 16.8. The van der Waals surface area contributed by atoms with Gasteiger partial charge in [0.2, 0.25) is 0 Å². The fourth-order valence-electron chi connectivity index (χ4n) is 3.18. The van der Waals surface area contributed by atoms with Crippen LogP contribution in [0, 0.1) is 0 Å². The molecule has 0 bridgehead atoms. The highest BCUT2D eigenvalue weighted by atomic mass is 19.4. The summed E-state index contributed by atoms with van der Waals surface area (Å²) < 4.78 is 229. The van der Waals surface area contributed by atoms with E-state index in [0.29, 0.717) is 25.9 Å². The van der Waals surface area contributed by atoms with Crippen molar-refractivity contribution in [2.24, 2.45) is 0 Å². The van der Waals surface area contributed by atoms with E-state index in [2.05, 4.69) is 0 Å². The van der Waals surface area contributed by atoms with E-state index in [1.165, 1.54) is 7.11 Å². The third-order valence-electron chi connectivity index (χ3n) is 5.63. The first kappa shape index (κ1) is 36.8. The zero-order valence-corrected chi connectivity index (χ0v) is 19.6. The van der Waals surface area contributed by atoms with Crippen LogP contribution in [0.4, 0.5) is 74.6 Å². The van der Waals surface area contributed by atoms with Crippen molar-refractivity contribution >= 4 is 0 Å². The van der Waals surface area contributed by atoms with Gasteiger partial charge in [0.25, 0.3) is 0 Å². The maximum atomic E-state index is 13.8. The molecule has 0 atom stereocenters. The third-order valence-corrected chi connectivity index (χ3v) is 5.63. The molecule has 0 rings (SSSR count). The fraction of sp³-hybridized carbons (Fsp3) is 1.00. The monoisotopic (exact) mass is 604 g/mol. The van der Waals surface area contributed by atoms with Crippen LogP contribution in [0.2, 0.25) is 0 Å². The molecular weight excluding hydrogens is 579 g/mol. The Hall–Kier alpha value is -1.23. The molecule has 0 aliphatic rings. The van der Waals surface area contributed by atoms with Gasteiger partial charge in [-0.1, -0.05) is 44.9 Å². The molecule has 1 nitrogen and oxygen atoms in total. The predicted octanol–water partition coefficient (Wildman–Crippen LogP) is 9.54. The van der Waals surface area contributed by atoms with E-state index < -0.39 is 60.5 Å². The zero-order valence-electron chi connectivity index (χ0n) is 19.6. The maximum Gasteiger partial charge on any atom is 0.460 e. The number of methoxy groups -OCH3 is 1. The lowest BCUT2D eigenvalue weighted by Gasteiger charge is -2.42. The summed E-state index contributed by atoms with van der Waals surface area (Å²) >= 11 is 0. The van der Waals surface area contributed by atoms with Gasteiger partial charge in [0.05, 0.1) is 0 Å². The van der Waals surface area contributed by atoms with E-state index in [1.807, 2.05) is 0 Å². The van der Waals surface area contributed by atoms with Crippen LogP contribution in [0.1, 0.15) is 64.2 Å². The molecule has 38 heavy (non-hydrogen) atoms. The first-order valence-electron chi connectivity index (χ1n) is 11.0. The highest BCUT2D eigenvalue weighted by molar-refractivity contribution is 5.15. The normalized spacial score (nSPS) is 15.3. The van der Waals surface area contributed by atoms with Crippen LogP contribution in [-0.2, 0) is 4.74 Å². The van der Waals surface area contributed by atoms with Gasteiger partial charge < -0.3 is 4.74 Å². The minimum absolute atomic E-state index is 0.0725. The van der Waals surface area contributed by atoms with Crippen molar-refractivity contribution in [1.29, 1.82) is 0 Å². The van der Waals surface area contributed by atoms with E-state index in [-0.39, 0.29) is 12.8 Å². The summed E-state index contributed by atoms with van der Waals surface area (Å²) in [5, 5.41) is 0. The van der Waals surface area contributed by atoms with Crippen LogP contribution < -0.4 is 0 Å². The molecule has 0 spiro atoms. The van der Waals surface area contributed by atoms with Crippen molar-refractivity contribution in [3.8, 4) is 0 Å². The molecule has 18 heteroatoms. The van der Waals surface area contributed by atoms with Crippen LogP contribution in [0.3, 0.4) is 0 Å². The third kappa shape index (κ3) is 6.91. The molecule has 0 aromatic heterocycles. The molecule has 0 saturated carbocycles. The second-order valence-corrected chi connectivity index (χ2v) is 8.57. The van der Waals surface area contributed by atoms with Crippen molar-refractivity contribution in [2.45, 2.75) is 112 Å². The number of rotatable bonds is 18. The average Bonchev–Trinajstić information content (AvgIpc) is 2.75. The molecule has 0 amide bonds. The quantitative estimate of drug-likeness (QED) is 0.112. The van der Waals surface area contributed by atoms with E-state index in [1.54, 1.807) is 0 Å². The van der Waals surface area contributed by atoms with Crippen LogP contribution in [0.15, 0.2) is 0 Å². The molecule has 0 aromatic carbocycles. The smallest absolute Gasteiger partial charge is 0.385 e. The largest absolute Gasteiger partial charge is 0.460 e. The van der Waals surface area contributed by atoms with Gasteiger partial charge in [0.15, 0.2) is 0 Å². The van der Waals surface area contributed by atoms with Crippen molar-refractivity contribution in [3.05, 3.63) is 0 Å². The standard InChI is InChI=1S/C20H25F17O/c1-38-12-10-8-6-4-2-3-5-7-9-11-13(21,22)14(23,24)15(25,26)16(27,28)17(29,30)18(31,32)19(33,34)20(35,36)37/h2-12H2,1H3. The fourth-order valence-corrected chi connectivity index (χ4v) is 3.18. The molecule has 0 radical (unpaired) electrons. The second kappa shape index (κ2) is 12.5. The van der Waals surface area contributed by atoms with E-state index in [9.17, 15) is 74.6 Å².